The summed E-state index contributed by atoms with van der Waals surface area (Å²) in [5, 5.41) is 2.19. The molecule has 0 aromatic rings. The van der Waals surface area contributed by atoms with E-state index in [9.17, 15) is 4.79 Å². The second-order valence-electron chi connectivity index (χ2n) is 5.94. The van der Waals surface area contributed by atoms with Gasteiger partial charge in [0.25, 0.3) is 0 Å². The van der Waals surface area contributed by atoms with E-state index in [1.807, 2.05) is 32.8 Å². The minimum absolute atomic E-state index is 0.193. The average Bonchev–Trinajstić information content (AvgIpc) is 2.28. The Labute approximate surface area is 113 Å². The Kier molecular flexibility index (Phi) is 8.43. The molecule has 110 valence electrons. The lowest BCUT2D eigenvalue weighted by Gasteiger charge is -2.38. The fraction of sp³-hybridized carbons (Fsp3) is 0.923. The lowest BCUT2D eigenvalue weighted by molar-refractivity contribution is -0.718. The minimum Gasteiger partial charge on any atom is -0.332 e. The third-order valence-corrected chi connectivity index (χ3v) is 3.97. The van der Waals surface area contributed by atoms with Gasteiger partial charge >= 0.3 is 0 Å². The highest BCUT2D eigenvalue weighted by atomic mass is 16.1. The molecule has 0 saturated carbocycles. The Morgan fingerprint density at radius 2 is 1.28 bits per heavy atom. The summed E-state index contributed by atoms with van der Waals surface area (Å²) in [6.45, 7) is 8.35. The molecule has 0 spiro atoms. The van der Waals surface area contributed by atoms with Crippen molar-refractivity contribution >= 4 is 6.41 Å². The van der Waals surface area contributed by atoms with Gasteiger partial charge in [-0.3, -0.25) is 14.6 Å². The Morgan fingerprint density at radius 3 is 1.33 bits per heavy atom. The lowest BCUT2D eigenvalue weighted by atomic mass is 10.2. The normalized spacial score (nSPS) is 12.2. The average molecular weight is 261 g/mol. The first-order chi connectivity index (χ1) is 7.93. The molecule has 1 amide bonds. The van der Waals surface area contributed by atoms with Crippen molar-refractivity contribution in [1.29, 1.82) is 0 Å². The number of carbonyl (C=O) groups is 1. The van der Waals surface area contributed by atoms with Crippen molar-refractivity contribution in [3.63, 3.8) is 0 Å². The fourth-order valence-corrected chi connectivity index (χ4v) is 0.703. The highest BCUT2D eigenvalue weighted by molar-refractivity contribution is 5.47. The molecule has 0 aliphatic carbocycles. The second kappa shape index (κ2) is 7.71. The van der Waals surface area contributed by atoms with Crippen molar-refractivity contribution in [1.82, 2.24) is 14.7 Å². The van der Waals surface area contributed by atoms with E-state index in [0.717, 1.165) is 6.41 Å². The van der Waals surface area contributed by atoms with Crippen LogP contribution < -0.4 is 5.32 Å². The first kappa shape index (κ1) is 19.7. The first-order valence-corrected chi connectivity index (χ1v) is 6.27. The summed E-state index contributed by atoms with van der Waals surface area (Å²) in [6.07, 6.45) is 0.833. The molecule has 0 heterocycles. The number of quaternary nitrogens is 1. The van der Waals surface area contributed by atoms with E-state index in [1.54, 1.807) is 11.9 Å². The van der Waals surface area contributed by atoms with E-state index >= 15 is 0 Å². The molecule has 5 heteroatoms. The number of amides is 1. The van der Waals surface area contributed by atoms with Crippen LogP contribution in [0.15, 0.2) is 0 Å². The first-order valence-electron chi connectivity index (χ1n) is 6.27. The maximum Gasteiger partial charge on any atom is 0.210 e. The topological polar surface area (TPSA) is 43.4 Å². The molecule has 0 saturated heterocycles. The van der Waals surface area contributed by atoms with Crippen molar-refractivity contribution in [2.75, 3.05) is 42.3 Å². The molecule has 0 aliphatic heterocycles. The summed E-state index contributed by atoms with van der Waals surface area (Å²) in [5.74, 6) is 0. The zero-order chi connectivity index (χ0) is 15.1. The zero-order valence-electron chi connectivity index (χ0n) is 13.9. The number of hydrogen-bond donors (Lipinski definition) is 1. The smallest absolute Gasteiger partial charge is 0.210 e. The van der Waals surface area contributed by atoms with Crippen LogP contribution in [0.4, 0.5) is 0 Å². The Bertz CT molecular complexity index is 237. The highest BCUT2D eigenvalue weighted by Gasteiger charge is 2.24. The van der Waals surface area contributed by atoms with Gasteiger partial charge in [-0.15, -0.1) is 0 Å². The van der Waals surface area contributed by atoms with Gasteiger partial charge in [0.15, 0.2) is 0 Å². The summed E-state index contributed by atoms with van der Waals surface area (Å²) in [4.78, 5) is 16.2. The van der Waals surface area contributed by atoms with Crippen LogP contribution in [0, 0.1) is 0 Å². The molecule has 5 nitrogen and oxygen atoms in total. The molecular formula is C13H33N4O+. The van der Waals surface area contributed by atoms with Crippen molar-refractivity contribution in [3.8, 4) is 0 Å². The number of rotatable bonds is 5. The summed E-state index contributed by atoms with van der Waals surface area (Å²) in [6, 6.07) is 0. The van der Waals surface area contributed by atoms with Crippen LogP contribution in [0.2, 0.25) is 0 Å². The van der Waals surface area contributed by atoms with E-state index in [-0.39, 0.29) is 11.3 Å². The van der Waals surface area contributed by atoms with Crippen LogP contribution >= 0.6 is 0 Å². The van der Waals surface area contributed by atoms with Crippen molar-refractivity contribution < 1.29 is 10.1 Å². The van der Waals surface area contributed by atoms with Gasteiger partial charge in [-0.1, -0.05) is 0 Å². The van der Waals surface area contributed by atoms with Crippen molar-refractivity contribution in [2.24, 2.45) is 0 Å². The molecule has 0 atom stereocenters. The maximum atomic E-state index is 10.4. The van der Waals surface area contributed by atoms with Gasteiger partial charge < -0.3 is 10.2 Å². The van der Waals surface area contributed by atoms with Crippen molar-refractivity contribution in [3.05, 3.63) is 0 Å². The number of nitrogens with two attached hydrogens (primary N) is 1. The molecule has 0 fully saturated rings. The van der Waals surface area contributed by atoms with Crippen LogP contribution in [-0.4, -0.2) is 74.7 Å². The molecule has 0 bridgehead atoms. The Hall–Kier alpha value is -0.650. The number of nitrogens with zero attached hydrogens (tertiary/aromatic N) is 3. The van der Waals surface area contributed by atoms with E-state index in [4.69, 9.17) is 0 Å². The van der Waals surface area contributed by atoms with Crippen LogP contribution in [0.25, 0.3) is 0 Å². The maximum absolute atomic E-state index is 10.4. The molecule has 2 N–H and O–H groups in total. The van der Waals surface area contributed by atoms with E-state index in [2.05, 4.69) is 45.2 Å². The number of carbonyl (C=O) groups excluding carboxylic acids is 1. The second-order valence-corrected chi connectivity index (χ2v) is 5.94. The molecular weight excluding hydrogens is 228 g/mol. The SMILES string of the molecule is CN(C)C(C)(C)N(C)C=O.C[NH2+]C(C)(C)N(C)C. The molecule has 18 heavy (non-hydrogen) atoms. The van der Waals surface area contributed by atoms with E-state index < -0.39 is 0 Å². The monoisotopic (exact) mass is 261 g/mol. The molecule has 0 radical (unpaired) electrons. The van der Waals surface area contributed by atoms with Gasteiger partial charge in [0.1, 0.15) is 5.66 Å². The quantitative estimate of drug-likeness (QED) is 0.553. The molecule has 0 aromatic heterocycles. The van der Waals surface area contributed by atoms with Crippen LogP contribution in [-0.2, 0) is 4.79 Å². The third kappa shape index (κ3) is 6.33. The van der Waals surface area contributed by atoms with E-state index in [0.29, 0.717) is 0 Å². The Morgan fingerprint density at radius 1 is 0.889 bits per heavy atom. The summed E-state index contributed by atoms with van der Waals surface area (Å²) in [5.41, 5.74) is 0.0573. The predicted octanol–water partition coefficient (Wildman–Crippen LogP) is -0.150. The summed E-state index contributed by atoms with van der Waals surface area (Å²) in [7, 11) is 11.9. The Balaban J connectivity index is 0. The third-order valence-electron chi connectivity index (χ3n) is 3.97. The van der Waals surface area contributed by atoms with Crippen LogP contribution in [0.5, 0.6) is 0 Å². The lowest BCUT2D eigenvalue weighted by Crippen LogP contribution is -2.95. The van der Waals surface area contributed by atoms with Gasteiger partial charge in [0.05, 0.1) is 12.7 Å². The molecule has 0 unspecified atom stereocenters. The fourth-order valence-electron chi connectivity index (χ4n) is 0.703. The molecule has 0 rings (SSSR count). The van der Waals surface area contributed by atoms with Gasteiger partial charge in [0, 0.05) is 20.9 Å². The predicted molar refractivity (Wildman–Crippen MR) is 77.2 cm³/mol. The van der Waals surface area contributed by atoms with Gasteiger partial charge in [-0.2, -0.15) is 0 Å². The standard InChI is InChI=1S/C7H16N2O.C6H16N2/c1-7(2,8(3)4)9(5)6-10;1-6(2,7-3)8(4)5/h6H,1-5H3;7H,1-5H3/p+1. The van der Waals surface area contributed by atoms with Gasteiger partial charge in [0.2, 0.25) is 6.41 Å². The zero-order valence-corrected chi connectivity index (χ0v) is 13.9. The highest BCUT2D eigenvalue weighted by Crippen LogP contribution is 2.11. The van der Waals surface area contributed by atoms with E-state index in [1.165, 1.54) is 0 Å². The number of hydrogen-bond acceptors (Lipinski definition) is 3. The van der Waals surface area contributed by atoms with Crippen LogP contribution in [0.1, 0.15) is 27.7 Å². The largest absolute Gasteiger partial charge is 0.332 e. The summed E-state index contributed by atoms with van der Waals surface area (Å²) >= 11 is 0. The van der Waals surface area contributed by atoms with Gasteiger partial charge in [-0.25, -0.2) is 0 Å². The minimum atomic E-state index is -0.193. The molecule has 0 aromatic carbocycles. The van der Waals surface area contributed by atoms with Gasteiger partial charge in [-0.05, 0) is 42.0 Å². The van der Waals surface area contributed by atoms with Crippen LogP contribution in [0.3, 0.4) is 0 Å². The van der Waals surface area contributed by atoms with Crippen molar-refractivity contribution in [2.45, 2.75) is 39.0 Å². The molecule has 0 aliphatic rings. The summed E-state index contributed by atoms with van der Waals surface area (Å²) < 4.78 is 0.